The van der Waals surface area contributed by atoms with E-state index in [9.17, 15) is 9.59 Å². The van der Waals surface area contributed by atoms with E-state index < -0.39 is 6.04 Å². The fraction of sp³-hybridized carbons (Fsp3) is 0.394. The monoisotopic (exact) mass is 530 g/mol. The number of rotatable bonds is 15. The van der Waals surface area contributed by atoms with Gasteiger partial charge in [-0.05, 0) is 55.0 Å². The SMILES string of the molecule is CCOc1ccc(CCC(=O)N(Cc2ccccc2)C(Cc2ccccc2)C(=O)NCC(C)C)cc1OCC. The van der Waals surface area contributed by atoms with Gasteiger partial charge in [-0.2, -0.15) is 0 Å². The fourth-order valence-corrected chi connectivity index (χ4v) is 4.40. The van der Waals surface area contributed by atoms with Crippen molar-refractivity contribution in [1.29, 1.82) is 0 Å². The minimum Gasteiger partial charge on any atom is -0.490 e. The van der Waals surface area contributed by atoms with E-state index in [1.807, 2.05) is 92.7 Å². The average Bonchev–Trinajstić information content (AvgIpc) is 2.95. The van der Waals surface area contributed by atoms with E-state index in [0.717, 1.165) is 16.7 Å². The van der Waals surface area contributed by atoms with Crippen molar-refractivity contribution in [2.75, 3.05) is 19.8 Å². The first kappa shape index (κ1) is 29.8. The van der Waals surface area contributed by atoms with Crippen LogP contribution in [0.4, 0.5) is 0 Å². The molecule has 2 amide bonds. The Kier molecular flexibility index (Phi) is 11.9. The second-order valence-corrected chi connectivity index (χ2v) is 10.00. The number of ether oxygens (including phenoxy) is 2. The zero-order valence-corrected chi connectivity index (χ0v) is 23.7. The van der Waals surface area contributed by atoms with Crippen LogP contribution in [0.3, 0.4) is 0 Å². The molecule has 6 nitrogen and oxygen atoms in total. The van der Waals surface area contributed by atoms with Crippen molar-refractivity contribution >= 4 is 11.8 Å². The van der Waals surface area contributed by atoms with Gasteiger partial charge in [0.15, 0.2) is 11.5 Å². The molecule has 3 aromatic carbocycles. The Bertz CT molecular complexity index is 1160. The maximum Gasteiger partial charge on any atom is 0.243 e. The fourth-order valence-electron chi connectivity index (χ4n) is 4.40. The van der Waals surface area contributed by atoms with E-state index >= 15 is 0 Å². The molecule has 208 valence electrons. The molecule has 1 atom stereocenters. The second-order valence-electron chi connectivity index (χ2n) is 10.00. The predicted molar refractivity (Wildman–Crippen MR) is 156 cm³/mol. The maximum atomic E-state index is 13.9. The number of aryl methyl sites for hydroxylation is 1. The molecule has 1 N–H and O–H groups in total. The van der Waals surface area contributed by atoms with E-state index in [-0.39, 0.29) is 18.2 Å². The number of nitrogens with one attached hydrogen (secondary N) is 1. The molecule has 0 saturated heterocycles. The third-order valence-electron chi connectivity index (χ3n) is 6.39. The minimum atomic E-state index is -0.627. The molecular weight excluding hydrogens is 488 g/mol. The van der Waals surface area contributed by atoms with Gasteiger partial charge in [-0.1, -0.05) is 80.6 Å². The van der Waals surface area contributed by atoms with E-state index in [0.29, 0.717) is 56.6 Å². The molecule has 0 saturated carbocycles. The summed E-state index contributed by atoms with van der Waals surface area (Å²) in [6, 6.07) is 24.9. The number of benzene rings is 3. The van der Waals surface area contributed by atoms with Crippen LogP contribution in [0.2, 0.25) is 0 Å². The van der Waals surface area contributed by atoms with Crippen molar-refractivity contribution in [1.82, 2.24) is 10.2 Å². The molecule has 0 spiro atoms. The number of carbonyl (C=O) groups excluding carboxylic acids is 2. The van der Waals surface area contributed by atoms with Crippen LogP contribution >= 0.6 is 0 Å². The summed E-state index contributed by atoms with van der Waals surface area (Å²) in [5, 5.41) is 3.07. The van der Waals surface area contributed by atoms with E-state index in [1.165, 1.54) is 0 Å². The van der Waals surface area contributed by atoms with Crippen LogP contribution in [0.15, 0.2) is 78.9 Å². The van der Waals surface area contributed by atoms with Crippen LogP contribution in [0.25, 0.3) is 0 Å². The van der Waals surface area contributed by atoms with Crippen molar-refractivity contribution in [3.63, 3.8) is 0 Å². The van der Waals surface area contributed by atoms with Gasteiger partial charge < -0.3 is 19.7 Å². The Balaban J connectivity index is 1.87. The summed E-state index contributed by atoms with van der Waals surface area (Å²) < 4.78 is 11.5. The summed E-state index contributed by atoms with van der Waals surface area (Å²) >= 11 is 0. The zero-order valence-electron chi connectivity index (χ0n) is 23.7. The summed E-state index contributed by atoms with van der Waals surface area (Å²) in [5.74, 6) is 1.50. The Labute approximate surface area is 233 Å². The van der Waals surface area contributed by atoms with Crippen LogP contribution in [0.1, 0.15) is 50.8 Å². The molecule has 0 aliphatic heterocycles. The quantitative estimate of drug-likeness (QED) is 0.269. The Morgan fingerprint density at radius 1 is 0.795 bits per heavy atom. The molecule has 6 heteroatoms. The number of carbonyl (C=O) groups is 2. The Morgan fingerprint density at radius 2 is 1.41 bits per heavy atom. The lowest BCUT2D eigenvalue weighted by Crippen LogP contribution is -2.51. The molecule has 3 aromatic rings. The predicted octanol–water partition coefficient (Wildman–Crippen LogP) is 5.83. The van der Waals surface area contributed by atoms with Crippen molar-refractivity contribution < 1.29 is 19.1 Å². The van der Waals surface area contributed by atoms with Gasteiger partial charge in [-0.15, -0.1) is 0 Å². The highest BCUT2D eigenvalue weighted by molar-refractivity contribution is 5.88. The van der Waals surface area contributed by atoms with Gasteiger partial charge in [-0.25, -0.2) is 0 Å². The van der Waals surface area contributed by atoms with Crippen molar-refractivity contribution in [2.45, 2.75) is 59.5 Å². The Morgan fingerprint density at radius 3 is 2.03 bits per heavy atom. The van der Waals surface area contributed by atoms with E-state index in [1.54, 1.807) is 4.90 Å². The van der Waals surface area contributed by atoms with Crippen LogP contribution in [-0.4, -0.2) is 42.5 Å². The zero-order chi connectivity index (χ0) is 28.0. The number of nitrogens with zero attached hydrogens (tertiary/aromatic N) is 1. The lowest BCUT2D eigenvalue weighted by Gasteiger charge is -2.32. The molecule has 1 unspecified atom stereocenters. The average molecular weight is 531 g/mol. The molecule has 0 fully saturated rings. The standard InChI is InChI=1S/C33H42N2O4/c1-5-38-30-19-17-27(22-31(30)39-6-2)18-20-32(36)35(24-28-15-11-8-12-16-28)29(33(37)34-23-25(3)4)21-26-13-9-7-10-14-26/h7-17,19,22,25,29H,5-6,18,20-21,23-24H2,1-4H3,(H,34,37). The van der Waals surface area contributed by atoms with Crippen LogP contribution < -0.4 is 14.8 Å². The molecule has 0 heterocycles. The van der Waals surface area contributed by atoms with Crippen LogP contribution in [0.5, 0.6) is 11.5 Å². The van der Waals surface area contributed by atoms with E-state index in [2.05, 4.69) is 19.2 Å². The van der Waals surface area contributed by atoms with Crippen molar-refractivity contribution in [3.8, 4) is 11.5 Å². The highest BCUT2D eigenvalue weighted by Gasteiger charge is 2.30. The highest BCUT2D eigenvalue weighted by atomic mass is 16.5. The lowest BCUT2D eigenvalue weighted by molar-refractivity contribution is -0.141. The van der Waals surface area contributed by atoms with Gasteiger partial charge in [0.1, 0.15) is 6.04 Å². The molecule has 0 bridgehead atoms. The maximum absolute atomic E-state index is 13.9. The molecular formula is C33H42N2O4. The first-order valence-corrected chi connectivity index (χ1v) is 13.9. The second kappa shape index (κ2) is 15.6. The molecule has 0 aliphatic carbocycles. The topological polar surface area (TPSA) is 67.9 Å². The third-order valence-corrected chi connectivity index (χ3v) is 6.39. The highest BCUT2D eigenvalue weighted by Crippen LogP contribution is 2.29. The summed E-state index contributed by atoms with van der Waals surface area (Å²) in [4.78, 5) is 29.2. The van der Waals surface area contributed by atoms with Gasteiger partial charge in [0.05, 0.1) is 13.2 Å². The van der Waals surface area contributed by atoms with Crippen LogP contribution in [0, 0.1) is 5.92 Å². The third kappa shape index (κ3) is 9.47. The van der Waals surface area contributed by atoms with E-state index in [4.69, 9.17) is 9.47 Å². The summed E-state index contributed by atoms with van der Waals surface area (Å²) in [7, 11) is 0. The lowest BCUT2D eigenvalue weighted by atomic mass is 10.0. The molecule has 39 heavy (non-hydrogen) atoms. The Hall–Kier alpha value is -3.80. The van der Waals surface area contributed by atoms with Gasteiger partial charge in [0, 0.05) is 25.9 Å². The first-order chi connectivity index (χ1) is 18.9. The molecule has 3 rings (SSSR count). The smallest absolute Gasteiger partial charge is 0.243 e. The van der Waals surface area contributed by atoms with Crippen LogP contribution in [-0.2, 0) is 29.0 Å². The summed E-state index contributed by atoms with van der Waals surface area (Å²) in [6.07, 6.45) is 1.25. The summed E-state index contributed by atoms with van der Waals surface area (Å²) in [6.45, 7) is 9.99. The van der Waals surface area contributed by atoms with Gasteiger partial charge in [-0.3, -0.25) is 9.59 Å². The van der Waals surface area contributed by atoms with Gasteiger partial charge in [0.25, 0.3) is 0 Å². The molecule has 0 aromatic heterocycles. The van der Waals surface area contributed by atoms with Crippen molar-refractivity contribution in [3.05, 3.63) is 95.6 Å². The molecule has 0 aliphatic rings. The first-order valence-electron chi connectivity index (χ1n) is 13.9. The van der Waals surface area contributed by atoms with Gasteiger partial charge >= 0.3 is 0 Å². The molecule has 0 radical (unpaired) electrons. The van der Waals surface area contributed by atoms with Gasteiger partial charge in [0.2, 0.25) is 11.8 Å². The normalized spacial score (nSPS) is 11.6. The van der Waals surface area contributed by atoms with Crippen molar-refractivity contribution in [2.24, 2.45) is 5.92 Å². The number of hydrogen-bond acceptors (Lipinski definition) is 4. The largest absolute Gasteiger partial charge is 0.490 e. The number of amides is 2. The minimum absolute atomic E-state index is 0.0636. The summed E-state index contributed by atoms with van der Waals surface area (Å²) in [5.41, 5.74) is 2.99. The number of hydrogen-bond donors (Lipinski definition) is 1.